The van der Waals surface area contributed by atoms with E-state index in [2.05, 4.69) is 33.6 Å². The smallest absolute Gasteiger partial charge is 0.191 e. The lowest BCUT2D eigenvalue weighted by atomic mass is 10.1. The largest absolute Gasteiger partial charge is 0.493 e. The number of hydrogen-bond donors (Lipinski definition) is 2. The quantitative estimate of drug-likeness (QED) is 0.548. The average Bonchev–Trinajstić information content (AvgIpc) is 3.22. The van der Waals surface area contributed by atoms with E-state index in [9.17, 15) is 0 Å². The molecule has 1 saturated heterocycles. The molecule has 7 nitrogen and oxygen atoms in total. The van der Waals surface area contributed by atoms with Gasteiger partial charge >= 0.3 is 0 Å². The van der Waals surface area contributed by atoms with E-state index in [-0.39, 0.29) is 12.2 Å². The van der Waals surface area contributed by atoms with Crippen molar-refractivity contribution in [3.05, 3.63) is 23.8 Å². The molecule has 1 aliphatic carbocycles. The van der Waals surface area contributed by atoms with Crippen molar-refractivity contribution in [2.75, 3.05) is 47.4 Å². The number of likely N-dealkylation sites (N-methyl/N-ethyl adjacent to an activating group) is 1. The van der Waals surface area contributed by atoms with Crippen LogP contribution in [0.2, 0.25) is 0 Å². The molecule has 0 aromatic heterocycles. The number of nitrogens with zero attached hydrogens (tertiary/aromatic N) is 2. The fraction of sp³-hybridized carbons (Fsp3) is 0.667. The monoisotopic (exact) mass is 390 g/mol. The third kappa shape index (κ3) is 5.75. The van der Waals surface area contributed by atoms with Crippen LogP contribution in [0.3, 0.4) is 0 Å². The standard InChI is InChI=1S/C21H34N4O3/c1-22-21(24-14-18-15-25(2)11-12-27-18)23-13-16-7-6-10-19(26-3)20(16)28-17-8-4-5-9-17/h6-7,10,17-18H,4-5,8-9,11-15H2,1-3H3,(H2,22,23,24). The van der Waals surface area contributed by atoms with E-state index in [0.717, 1.165) is 62.1 Å². The molecule has 1 heterocycles. The molecule has 28 heavy (non-hydrogen) atoms. The summed E-state index contributed by atoms with van der Waals surface area (Å²) in [6, 6.07) is 6.03. The molecule has 1 aliphatic heterocycles. The molecule has 1 saturated carbocycles. The molecule has 2 N–H and O–H groups in total. The first-order valence-electron chi connectivity index (χ1n) is 10.3. The molecule has 1 aromatic carbocycles. The fourth-order valence-corrected chi connectivity index (χ4v) is 3.77. The molecular weight excluding hydrogens is 356 g/mol. The molecule has 1 atom stereocenters. The Balaban J connectivity index is 1.57. The number of ether oxygens (including phenoxy) is 3. The molecule has 156 valence electrons. The van der Waals surface area contributed by atoms with Gasteiger partial charge in [-0.1, -0.05) is 12.1 Å². The van der Waals surface area contributed by atoms with Crippen LogP contribution in [0.15, 0.2) is 23.2 Å². The summed E-state index contributed by atoms with van der Waals surface area (Å²) >= 11 is 0. The van der Waals surface area contributed by atoms with Crippen molar-refractivity contribution >= 4 is 5.96 Å². The maximum absolute atomic E-state index is 6.31. The van der Waals surface area contributed by atoms with Gasteiger partial charge in [-0.3, -0.25) is 4.99 Å². The number of nitrogens with one attached hydrogen (secondary N) is 2. The van der Waals surface area contributed by atoms with Crippen LogP contribution in [-0.4, -0.2) is 70.5 Å². The number of aliphatic imine (C=N–C) groups is 1. The second kappa shape index (κ2) is 10.5. The first-order chi connectivity index (χ1) is 13.7. The molecule has 7 heteroatoms. The molecule has 1 aromatic rings. The van der Waals surface area contributed by atoms with Crippen LogP contribution in [-0.2, 0) is 11.3 Å². The van der Waals surface area contributed by atoms with Gasteiger partial charge in [0.1, 0.15) is 0 Å². The maximum Gasteiger partial charge on any atom is 0.191 e. The Morgan fingerprint density at radius 3 is 2.82 bits per heavy atom. The second-order valence-corrected chi connectivity index (χ2v) is 7.53. The minimum absolute atomic E-state index is 0.176. The van der Waals surface area contributed by atoms with Crippen molar-refractivity contribution in [2.45, 2.75) is 44.4 Å². The zero-order valence-corrected chi connectivity index (χ0v) is 17.4. The first-order valence-corrected chi connectivity index (χ1v) is 10.3. The van der Waals surface area contributed by atoms with Crippen molar-refractivity contribution in [3.8, 4) is 11.5 Å². The van der Waals surface area contributed by atoms with Gasteiger partial charge in [0.25, 0.3) is 0 Å². The van der Waals surface area contributed by atoms with E-state index in [1.165, 1.54) is 12.8 Å². The van der Waals surface area contributed by atoms with E-state index in [0.29, 0.717) is 6.54 Å². The third-order valence-electron chi connectivity index (χ3n) is 5.38. The normalized spacial score (nSPS) is 21.5. The number of methoxy groups -OCH3 is 1. The van der Waals surface area contributed by atoms with Crippen LogP contribution in [0.1, 0.15) is 31.2 Å². The Bertz CT molecular complexity index is 647. The van der Waals surface area contributed by atoms with E-state index in [1.54, 1.807) is 14.2 Å². The molecule has 0 amide bonds. The van der Waals surface area contributed by atoms with Crippen molar-refractivity contribution in [3.63, 3.8) is 0 Å². The summed E-state index contributed by atoms with van der Waals surface area (Å²) in [4.78, 5) is 6.62. The lowest BCUT2D eigenvalue weighted by molar-refractivity contribution is -0.0161. The summed E-state index contributed by atoms with van der Waals surface area (Å²) in [6.07, 6.45) is 5.17. The topological polar surface area (TPSA) is 67.4 Å². The summed E-state index contributed by atoms with van der Waals surface area (Å²) < 4.78 is 17.7. The van der Waals surface area contributed by atoms with Gasteiger partial charge < -0.3 is 29.7 Å². The van der Waals surface area contributed by atoms with Gasteiger partial charge in [-0.15, -0.1) is 0 Å². The number of para-hydroxylation sites is 1. The molecule has 0 spiro atoms. The van der Waals surface area contributed by atoms with Crippen molar-refractivity contribution in [1.82, 2.24) is 15.5 Å². The van der Waals surface area contributed by atoms with E-state index >= 15 is 0 Å². The van der Waals surface area contributed by atoms with Crippen molar-refractivity contribution in [1.29, 1.82) is 0 Å². The van der Waals surface area contributed by atoms with E-state index in [4.69, 9.17) is 14.2 Å². The average molecular weight is 391 g/mol. The molecule has 2 fully saturated rings. The van der Waals surface area contributed by atoms with Gasteiger partial charge in [0.05, 0.1) is 25.9 Å². The van der Waals surface area contributed by atoms with Gasteiger partial charge in [-0.05, 0) is 38.8 Å². The molecule has 0 radical (unpaired) electrons. The summed E-state index contributed by atoms with van der Waals surface area (Å²) in [5.41, 5.74) is 1.07. The highest BCUT2D eigenvalue weighted by Crippen LogP contribution is 2.34. The molecule has 0 bridgehead atoms. The minimum atomic E-state index is 0.176. The van der Waals surface area contributed by atoms with E-state index < -0.39 is 0 Å². The number of rotatable bonds is 7. The van der Waals surface area contributed by atoms with Crippen LogP contribution < -0.4 is 20.1 Å². The van der Waals surface area contributed by atoms with Crippen LogP contribution >= 0.6 is 0 Å². The van der Waals surface area contributed by atoms with E-state index in [1.807, 2.05) is 12.1 Å². The Kier molecular flexibility index (Phi) is 7.80. The van der Waals surface area contributed by atoms with Crippen LogP contribution in [0.25, 0.3) is 0 Å². The molecule has 1 unspecified atom stereocenters. The number of morpholine rings is 1. The highest BCUT2D eigenvalue weighted by molar-refractivity contribution is 5.79. The summed E-state index contributed by atoms with van der Waals surface area (Å²) in [7, 11) is 5.59. The lowest BCUT2D eigenvalue weighted by Gasteiger charge is -2.30. The van der Waals surface area contributed by atoms with Crippen molar-refractivity contribution in [2.24, 2.45) is 4.99 Å². The Labute approximate surface area is 168 Å². The Morgan fingerprint density at radius 2 is 2.11 bits per heavy atom. The first kappa shape index (κ1) is 20.7. The van der Waals surface area contributed by atoms with Gasteiger partial charge in [0.15, 0.2) is 17.5 Å². The minimum Gasteiger partial charge on any atom is -0.493 e. The summed E-state index contributed by atoms with van der Waals surface area (Å²) in [5, 5.41) is 6.75. The zero-order valence-electron chi connectivity index (χ0n) is 17.4. The van der Waals surface area contributed by atoms with Gasteiger partial charge in [-0.2, -0.15) is 0 Å². The predicted octanol–water partition coefficient (Wildman–Crippen LogP) is 2.01. The van der Waals surface area contributed by atoms with Crippen LogP contribution in [0.5, 0.6) is 11.5 Å². The Hall–Kier alpha value is -1.99. The molecular formula is C21H34N4O3. The number of hydrogen-bond acceptors (Lipinski definition) is 5. The van der Waals surface area contributed by atoms with Crippen LogP contribution in [0, 0.1) is 0 Å². The second-order valence-electron chi connectivity index (χ2n) is 7.53. The molecule has 3 rings (SSSR count). The number of benzene rings is 1. The number of guanidine groups is 1. The summed E-state index contributed by atoms with van der Waals surface area (Å²) in [5.74, 6) is 2.39. The van der Waals surface area contributed by atoms with Gasteiger partial charge in [0.2, 0.25) is 0 Å². The third-order valence-corrected chi connectivity index (χ3v) is 5.38. The maximum atomic E-state index is 6.31. The SMILES string of the molecule is CN=C(NCc1cccc(OC)c1OC1CCCC1)NCC1CN(C)CCO1. The highest BCUT2D eigenvalue weighted by atomic mass is 16.5. The highest BCUT2D eigenvalue weighted by Gasteiger charge is 2.21. The van der Waals surface area contributed by atoms with Gasteiger partial charge in [0, 0.05) is 38.8 Å². The molecule has 2 aliphatic rings. The van der Waals surface area contributed by atoms with Crippen molar-refractivity contribution < 1.29 is 14.2 Å². The van der Waals surface area contributed by atoms with Gasteiger partial charge in [-0.25, -0.2) is 0 Å². The zero-order chi connectivity index (χ0) is 19.8. The predicted molar refractivity (Wildman–Crippen MR) is 111 cm³/mol. The summed E-state index contributed by atoms with van der Waals surface area (Å²) in [6.45, 7) is 4.04. The Morgan fingerprint density at radius 1 is 1.29 bits per heavy atom. The van der Waals surface area contributed by atoms with Crippen LogP contribution in [0.4, 0.5) is 0 Å². The fourth-order valence-electron chi connectivity index (χ4n) is 3.77. The lowest BCUT2D eigenvalue weighted by Crippen LogP contribution is -2.48.